The minimum absolute atomic E-state index is 0.545. The molecule has 1 aliphatic rings. The Bertz CT molecular complexity index is 111. The predicted molar refractivity (Wildman–Crippen MR) is 47.6 cm³/mol. The van der Waals surface area contributed by atoms with Crippen molar-refractivity contribution >= 4 is 0 Å². The van der Waals surface area contributed by atoms with Gasteiger partial charge in [-0.2, -0.15) is 0 Å². The molecule has 11 heavy (non-hydrogen) atoms. The summed E-state index contributed by atoms with van der Waals surface area (Å²) in [4.78, 5) is 0. The molecule has 1 heteroatoms. The molecule has 1 rings (SSSR count). The minimum Gasteiger partial charge on any atom is -0.381 e. The quantitative estimate of drug-likeness (QED) is 0.597. The van der Waals surface area contributed by atoms with E-state index in [4.69, 9.17) is 4.74 Å². The summed E-state index contributed by atoms with van der Waals surface area (Å²) in [7, 11) is 1.85. The lowest BCUT2D eigenvalue weighted by Gasteiger charge is -2.33. The van der Waals surface area contributed by atoms with Crippen molar-refractivity contribution in [2.75, 3.05) is 7.11 Å². The molecule has 0 amide bonds. The van der Waals surface area contributed by atoms with E-state index in [9.17, 15) is 0 Å². The first-order valence-electron chi connectivity index (χ1n) is 4.80. The van der Waals surface area contributed by atoms with Crippen molar-refractivity contribution in [3.63, 3.8) is 0 Å². The van der Waals surface area contributed by atoms with Gasteiger partial charge in [-0.3, -0.25) is 0 Å². The fraction of sp³-hybridized carbons (Fsp3) is 1.00. The SMILES string of the molecule is CCC1CC[C@H](C)C[C@@H]1OC. The number of methoxy groups -OCH3 is 1. The van der Waals surface area contributed by atoms with Crippen LogP contribution in [-0.2, 0) is 4.74 Å². The van der Waals surface area contributed by atoms with Crippen LogP contribution in [0.3, 0.4) is 0 Å². The maximum atomic E-state index is 5.47. The molecule has 1 fully saturated rings. The van der Waals surface area contributed by atoms with Crippen LogP contribution >= 0.6 is 0 Å². The Morgan fingerprint density at radius 1 is 1.36 bits per heavy atom. The zero-order chi connectivity index (χ0) is 8.27. The van der Waals surface area contributed by atoms with Gasteiger partial charge in [0, 0.05) is 7.11 Å². The third kappa shape index (κ3) is 2.19. The van der Waals surface area contributed by atoms with Crippen molar-refractivity contribution in [1.82, 2.24) is 0 Å². The largest absolute Gasteiger partial charge is 0.381 e. The van der Waals surface area contributed by atoms with Crippen LogP contribution in [0.4, 0.5) is 0 Å². The molecule has 1 aliphatic carbocycles. The predicted octanol–water partition coefficient (Wildman–Crippen LogP) is 2.85. The smallest absolute Gasteiger partial charge is 0.0601 e. The van der Waals surface area contributed by atoms with Crippen LogP contribution in [-0.4, -0.2) is 13.2 Å². The summed E-state index contributed by atoms with van der Waals surface area (Å²) in [6.45, 7) is 4.60. The molecule has 0 heterocycles. The average Bonchev–Trinajstić information content (AvgIpc) is 2.04. The molecular formula is C10H20O. The summed E-state index contributed by atoms with van der Waals surface area (Å²) in [6.07, 6.45) is 5.87. The Hall–Kier alpha value is -0.0400. The second kappa shape index (κ2) is 4.10. The van der Waals surface area contributed by atoms with E-state index in [1.54, 1.807) is 0 Å². The molecule has 1 unspecified atom stereocenters. The maximum absolute atomic E-state index is 5.47. The van der Waals surface area contributed by atoms with E-state index in [0.29, 0.717) is 6.10 Å². The summed E-state index contributed by atoms with van der Waals surface area (Å²) >= 11 is 0. The first-order chi connectivity index (χ1) is 5.27. The lowest BCUT2D eigenvalue weighted by atomic mass is 9.79. The van der Waals surface area contributed by atoms with Crippen molar-refractivity contribution in [3.8, 4) is 0 Å². The summed E-state index contributed by atoms with van der Waals surface area (Å²) in [5.41, 5.74) is 0. The standard InChI is InChI=1S/C10H20O/c1-4-9-6-5-8(2)7-10(9)11-3/h8-10H,4-7H2,1-3H3/t8-,9?,10-/m0/s1. The molecule has 1 saturated carbocycles. The second-order valence-electron chi connectivity index (χ2n) is 3.86. The molecule has 0 aromatic rings. The van der Waals surface area contributed by atoms with Gasteiger partial charge in [-0.15, -0.1) is 0 Å². The molecule has 3 atom stereocenters. The van der Waals surface area contributed by atoms with E-state index in [1.165, 1.54) is 25.7 Å². The van der Waals surface area contributed by atoms with Gasteiger partial charge in [-0.05, 0) is 24.7 Å². The van der Waals surface area contributed by atoms with Gasteiger partial charge >= 0.3 is 0 Å². The Balaban J connectivity index is 2.41. The van der Waals surface area contributed by atoms with Crippen LogP contribution in [0.25, 0.3) is 0 Å². The third-order valence-corrected chi connectivity index (χ3v) is 3.02. The number of hydrogen-bond donors (Lipinski definition) is 0. The molecule has 0 spiro atoms. The van der Waals surface area contributed by atoms with E-state index in [0.717, 1.165) is 11.8 Å². The zero-order valence-corrected chi connectivity index (χ0v) is 7.97. The molecule has 0 bridgehead atoms. The lowest BCUT2D eigenvalue weighted by molar-refractivity contribution is 0.00644. The summed E-state index contributed by atoms with van der Waals surface area (Å²) in [5.74, 6) is 1.71. The van der Waals surface area contributed by atoms with Gasteiger partial charge in [-0.1, -0.05) is 26.7 Å². The topological polar surface area (TPSA) is 9.23 Å². The van der Waals surface area contributed by atoms with E-state index < -0.39 is 0 Å². The number of ether oxygens (including phenoxy) is 1. The average molecular weight is 156 g/mol. The van der Waals surface area contributed by atoms with E-state index in [2.05, 4.69) is 13.8 Å². The number of hydrogen-bond acceptors (Lipinski definition) is 1. The van der Waals surface area contributed by atoms with Crippen molar-refractivity contribution in [3.05, 3.63) is 0 Å². The van der Waals surface area contributed by atoms with Crippen LogP contribution in [0.5, 0.6) is 0 Å². The highest BCUT2D eigenvalue weighted by Crippen LogP contribution is 2.32. The van der Waals surface area contributed by atoms with Crippen LogP contribution in [0.1, 0.15) is 39.5 Å². The Kier molecular flexibility index (Phi) is 3.38. The van der Waals surface area contributed by atoms with Gasteiger partial charge in [0.25, 0.3) is 0 Å². The minimum atomic E-state index is 0.545. The molecule has 0 saturated heterocycles. The van der Waals surface area contributed by atoms with E-state index >= 15 is 0 Å². The highest BCUT2D eigenvalue weighted by Gasteiger charge is 2.26. The fourth-order valence-corrected chi connectivity index (χ4v) is 2.15. The highest BCUT2D eigenvalue weighted by atomic mass is 16.5. The molecule has 0 radical (unpaired) electrons. The van der Waals surface area contributed by atoms with Gasteiger partial charge in [0.15, 0.2) is 0 Å². The Morgan fingerprint density at radius 2 is 2.09 bits per heavy atom. The molecule has 0 N–H and O–H groups in total. The van der Waals surface area contributed by atoms with Gasteiger partial charge in [-0.25, -0.2) is 0 Å². The normalized spacial score (nSPS) is 39.0. The number of rotatable bonds is 2. The van der Waals surface area contributed by atoms with Crippen molar-refractivity contribution < 1.29 is 4.74 Å². The molecule has 0 aromatic carbocycles. The fourth-order valence-electron chi connectivity index (χ4n) is 2.15. The third-order valence-electron chi connectivity index (χ3n) is 3.02. The highest BCUT2D eigenvalue weighted by molar-refractivity contribution is 4.77. The van der Waals surface area contributed by atoms with E-state index in [-0.39, 0.29) is 0 Å². The molecule has 0 aromatic heterocycles. The van der Waals surface area contributed by atoms with Crippen LogP contribution in [0, 0.1) is 11.8 Å². The van der Waals surface area contributed by atoms with Crippen LogP contribution in [0.15, 0.2) is 0 Å². The van der Waals surface area contributed by atoms with Gasteiger partial charge in [0.05, 0.1) is 6.10 Å². The monoisotopic (exact) mass is 156 g/mol. The first-order valence-corrected chi connectivity index (χ1v) is 4.80. The first kappa shape index (κ1) is 9.05. The Labute approximate surface area is 70.1 Å². The van der Waals surface area contributed by atoms with Crippen LogP contribution in [0.2, 0.25) is 0 Å². The zero-order valence-electron chi connectivity index (χ0n) is 7.97. The van der Waals surface area contributed by atoms with E-state index in [1.807, 2.05) is 7.11 Å². The second-order valence-corrected chi connectivity index (χ2v) is 3.86. The van der Waals surface area contributed by atoms with Crippen LogP contribution < -0.4 is 0 Å². The summed E-state index contributed by atoms with van der Waals surface area (Å²) in [5, 5.41) is 0. The molecule has 1 nitrogen and oxygen atoms in total. The van der Waals surface area contributed by atoms with Gasteiger partial charge < -0.3 is 4.74 Å². The molecule has 0 aliphatic heterocycles. The Morgan fingerprint density at radius 3 is 2.64 bits per heavy atom. The summed E-state index contributed by atoms with van der Waals surface area (Å²) < 4.78 is 5.47. The van der Waals surface area contributed by atoms with Crippen molar-refractivity contribution in [2.24, 2.45) is 11.8 Å². The molecule has 66 valence electrons. The van der Waals surface area contributed by atoms with Gasteiger partial charge in [0.1, 0.15) is 0 Å². The van der Waals surface area contributed by atoms with Crippen molar-refractivity contribution in [2.45, 2.75) is 45.6 Å². The maximum Gasteiger partial charge on any atom is 0.0601 e. The van der Waals surface area contributed by atoms with Gasteiger partial charge in [0.2, 0.25) is 0 Å². The lowest BCUT2D eigenvalue weighted by Crippen LogP contribution is -2.29. The summed E-state index contributed by atoms with van der Waals surface area (Å²) in [6, 6.07) is 0. The molecular weight excluding hydrogens is 136 g/mol. The van der Waals surface area contributed by atoms with Crippen molar-refractivity contribution in [1.29, 1.82) is 0 Å².